The summed E-state index contributed by atoms with van der Waals surface area (Å²) in [5.41, 5.74) is 0.499. The quantitative estimate of drug-likeness (QED) is 0.730. The summed E-state index contributed by atoms with van der Waals surface area (Å²) in [7, 11) is 0. The summed E-state index contributed by atoms with van der Waals surface area (Å²) in [5, 5.41) is 10.6. The van der Waals surface area contributed by atoms with Gasteiger partial charge < -0.3 is 24.1 Å². The topological polar surface area (TPSA) is 74.2 Å². The van der Waals surface area contributed by atoms with E-state index < -0.39 is 24.5 Å². The van der Waals surface area contributed by atoms with Crippen LogP contribution < -0.4 is 0 Å². The van der Waals surface area contributed by atoms with E-state index in [4.69, 9.17) is 18.9 Å². The Bertz CT molecular complexity index is 694. The van der Waals surface area contributed by atoms with Gasteiger partial charge in [0, 0.05) is 11.8 Å². The van der Waals surface area contributed by atoms with Crippen molar-refractivity contribution in [2.75, 3.05) is 0 Å². The average molecular weight is 421 g/mol. The minimum atomic E-state index is -0.720. The van der Waals surface area contributed by atoms with E-state index in [0.29, 0.717) is 5.56 Å². The number of aliphatic hydroxyl groups is 1. The van der Waals surface area contributed by atoms with Crippen LogP contribution in [-0.4, -0.2) is 54.0 Å². The second-order valence-electron chi connectivity index (χ2n) is 8.90. The molecule has 0 spiro atoms. The van der Waals surface area contributed by atoms with Crippen molar-refractivity contribution in [1.29, 1.82) is 0 Å². The van der Waals surface area contributed by atoms with Gasteiger partial charge in [0.15, 0.2) is 12.4 Å². The normalized spacial score (nSPS) is 42.0. The molecule has 6 nitrogen and oxygen atoms in total. The van der Waals surface area contributed by atoms with Crippen LogP contribution in [0.15, 0.2) is 30.3 Å². The maximum Gasteiger partial charge on any atom is 0.338 e. The van der Waals surface area contributed by atoms with E-state index in [1.807, 2.05) is 45.9 Å². The van der Waals surface area contributed by atoms with Gasteiger partial charge in [-0.15, -0.1) is 0 Å². The van der Waals surface area contributed by atoms with Gasteiger partial charge in [0.2, 0.25) is 0 Å². The average Bonchev–Trinajstić information content (AvgIpc) is 2.75. The van der Waals surface area contributed by atoms with Gasteiger partial charge >= 0.3 is 5.97 Å². The first-order valence-corrected chi connectivity index (χ1v) is 11.1. The molecular formula is C24H36O6. The molecule has 6 heteroatoms. The van der Waals surface area contributed by atoms with Gasteiger partial charge in [0.25, 0.3) is 0 Å². The predicted molar refractivity (Wildman–Crippen MR) is 113 cm³/mol. The molecule has 0 saturated carbocycles. The lowest BCUT2D eigenvalue weighted by molar-refractivity contribution is -0.312. The molecule has 1 N–H and O–H groups in total. The molecule has 2 heterocycles. The van der Waals surface area contributed by atoms with Gasteiger partial charge in [-0.25, -0.2) is 4.79 Å². The molecule has 3 rings (SSSR count). The number of carbonyl (C=O) groups excluding carboxylic acids is 1. The molecular weight excluding hydrogens is 384 g/mol. The molecule has 168 valence electrons. The van der Waals surface area contributed by atoms with Gasteiger partial charge in [-0.3, -0.25) is 0 Å². The first kappa shape index (κ1) is 23.2. The van der Waals surface area contributed by atoms with Crippen molar-refractivity contribution in [3.8, 4) is 0 Å². The highest BCUT2D eigenvalue weighted by atomic mass is 16.7. The first-order valence-electron chi connectivity index (χ1n) is 11.1. The van der Waals surface area contributed by atoms with Crippen molar-refractivity contribution in [1.82, 2.24) is 0 Å². The van der Waals surface area contributed by atoms with Crippen molar-refractivity contribution in [2.24, 2.45) is 17.8 Å². The predicted octanol–water partition coefficient (Wildman–Crippen LogP) is 3.81. The van der Waals surface area contributed by atoms with Gasteiger partial charge in [-0.05, 0) is 38.3 Å². The Balaban J connectivity index is 1.78. The van der Waals surface area contributed by atoms with E-state index in [0.717, 1.165) is 6.42 Å². The van der Waals surface area contributed by atoms with Crippen LogP contribution in [0.3, 0.4) is 0 Å². The van der Waals surface area contributed by atoms with Crippen LogP contribution in [0.25, 0.3) is 0 Å². The Morgan fingerprint density at radius 3 is 2.23 bits per heavy atom. The third kappa shape index (κ3) is 4.72. The van der Waals surface area contributed by atoms with Crippen LogP contribution in [0.5, 0.6) is 0 Å². The summed E-state index contributed by atoms with van der Waals surface area (Å²) in [5.74, 6) is -0.267. The number of hydrogen-bond acceptors (Lipinski definition) is 6. The molecule has 10 atom stereocenters. The number of aliphatic hydroxyl groups excluding tert-OH is 1. The Morgan fingerprint density at radius 2 is 1.60 bits per heavy atom. The lowest BCUT2D eigenvalue weighted by Gasteiger charge is -2.47. The molecule has 1 aromatic rings. The lowest BCUT2D eigenvalue weighted by atomic mass is 9.83. The monoisotopic (exact) mass is 420 g/mol. The number of hydrogen-bond donors (Lipinski definition) is 1. The van der Waals surface area contributed by atoms with E-state index in [1.54, 1.807) is 12.1 Å². The molecule has 0 bridgehead atoms. The van der Waals surface area contributed by atoms with E-state index >= 15 is 0 Å². The minimum absolute atomic E-state index is 0.0416. The van der Waals surface area contributed by atoms with Crippen LogP contribution >= 0.6 is 0 Å². The molecule has 2 aliphatic heterocycles. The number of ether oxygens (including phenoxy) is 4. The Morgan fingerprint density at radius 1 is 0.933 bits per heavy atom. The van der Waals surface area contributed by atoms with Crippen molar-refractivity contribution < 1.29 is 28.8 Å². The fraction of sp³-hybridized carbons (Fsp3) is 0.708. The molecule has 1 aromatic carbocycles. The highest BCUT2D eigenvalue weighted by Gasteiger charge is 2.48. The lowest BCUT2D eigenvalue weighted by Crippen LogP contribution is -2.58. The van der Waals surface area contributed by atoms with E-state index in [9.17, 15) is 9.90 Å². The van der Waals surface area contributed by atoms with E-state index in [1.165, 1.54) is 0 Å². The summed E-state index contributed by atoms with van der Waals surface area (Å²) in [6, 6.07) is 8.95. The molecule has 2 saturated heterocycles. The maximum atomic E-state index is 12.7. The second kappa shape index (κ2) is 9.77. The molecule has 0 aromatic heterocycles. The molecule has 0 radical (unpaired) electrons. The second-order valence-corrected chi connectivity index (χ2v) is 8.90. The van der Waals surface area contributed by atoms with Gasteiger partial charge in [0.1, 0.15) is 0 Å². The van der Waals surface area contributed by atoms with Gasteiger partial charge in [0.05, 0.1) is 36.1 Å². The summed E-state index contributed by atoms with van der Waals surface area (Å²) in [6.07, 6.45) is -1.95. The van der Waals surface area contributed by atoms with Crippen LogP contribution in [0.4, 0.5) is 0 Å². The third-order valence-electron chi connectivity index (χ3n) is 6.94. The summed E-state index contributed by atoms with van der Waals surface area (Å²) in [6.45, 7) is 12.1. The molecule has 30 heavy (non-hydrogen) atoms. The fourth-order valence-corrected chi connectivity index (χ4v) is 4.55. The first-order chi connectivity index (χ1) is 14.2. The zero-order chi connectivity index (χ0) is 22.0. The Kier molecular flexibility index (Phi) is 7.56. The standard InChI is InChI=1S/C24H36O6/c1-7-19-20(25)15(4)21(17(6)27-19)30-24-22(14(3)13(2)16(5)28-24)29-23(26)18-11-9-8-10-12-18/h8-17,19-22,24-25H,7H2,1-6H3/t13-,14+,15+,16?,17+,19?,20+,21?,22?,24+/m1/s1. The van der Waals surface area contributed by atoms with Crippen molar-refractivity contribution >= 4 is 5.97 Å². The zero-order valence-corrected chi connectivity index (χ0v) is 18.9. The molecule has 0 amide bonds. The van der Waals surface area contributed by atoms with Crippen LogP contribution in [0, 0.1) is 17.8 Å². The van der Waals surface area contributed by atoms with Crippen molar-refractivity contribution in [3.05, 3.63) is 35.9 Å². The third-order valence-corrected chi connectivity index (χ3v) is 6.94. The SMILES string of the molecule is CCC1O[C@@H](C)C(O[C@@H]2OC(C)[C@H](C)[C@H](C)C2OC(=O)c2ccccc2)[C@@H](C)[C@@H]1O. The largest absolute Gasteiger partial charge is 0.453 e. The van der Waals surface area contributed by atoms with Gasteiger partial charge in [-0.2, -0.15) is 0 Å². The molecule has 2 fully saturated rings. The fourth-order valence-electron chi connectivity index (χ4n) is 4.55. The smallest absolute Gasteiger partial charge is 0.338 e. The van der Waals surface area contributed by atoms with E-state index in [2.05, 4.69) is 13.8 Å². The zero-order valence-electron chi connectivity index (χ0n) is 18.9. The Labute approximate surface area is 179 Å². The molecule has 2 aliphatic rings. The van der Waals surface area contributed by atoms with Gasteiger partial charge in [-0.1, -0.05) is 45.9 Å². The number of carbonyl (C=O) groups is 1. The number of rotatable bonds is 5. The van der Waals surface area contributed by atoms with Crippen LogP contribution in [0.2, 0.25) is 0 Å². The summed E-state index contributed by atoms with van der Waals surface area (Å²) < 4.78 is 24.4. The highest BCUT2D eigenvalue weighted by Crippen LogP contribution is 2.37. The minimum Gasteiger partial charge on any atom is -0.453 e. The maximum absolute atomic E-state index is 12.7. The van der Waals surface area contributed by atoms with Crippen LogP contribution in [-0.2, 0) is 18.9 Å². The summed E-state index contributed by atoms with van der Waals surface area (Å²) in [4.78, 5) is 12.7. The highest BCUT2D eigenvalue weighted by molar-refractivity contribution is 5.89. The van der Waals surface area contributed by atoms with Crippen LogP contribution in [0.1, 0.15) is 58.3 Å². The number of benzene rings is 1. The van der Waals surface area contributed by atoms with E-state index in [-0.39, 0.29) is 42.2 Å². The Hall–Kier alpha value is -1.47. The summed E-state index contributed by atoms with van der Waals surface area (Å²) >= 11 is 0. The molecule has 4 unspecified atom stereocenters. The van der Waals surface area contributed by atoms with Crippen molar-refractivity contribution in [3.63, 3.8) is 0 Å². The molecule has 0 aliphatic carbocycles. The number of esters is 1. The van der Waals surface area contributed by atoms with Crippen molar-refractivity contribution in [2.45, 2.75) is 90.9 Å².